The van der Waals surface area contributed by atoms with Crippen molar-refractivity contribution in [1.82, 2.24) is 0 Å². The number of nitrogens with zero attached hydrogens (tertiary/aromatic N) is 2. The van der Waals surface area contributed by atoms with Gasteiger partial charge >= 0.3 is 0 Å². The molecule has 26 heavy (non-hydrogen) atoms. The number of rotatable bonds is 7. The van der Waals surface area contributed by atoms with Crippen LogP contribution in [0.3, 0.4) is 0 Å². The summed E-state index contributed by atoms with van der Waals surface area (Å²) in [6, 6.07) is 8.21. The van der Waals surface area contributed by atoms with Crippen LogP contribution >= 0.6 is 0 Å². The summed E-state index contributed by atoms with van der Waals surface area (Å²) in [5.41, 5.74) is 7.94. The second-order valence-electron chi connectivity index (χ2n) is 6.64. The lowest BCUT2D eigenvalue weighted by Crippen LogP contribution is -1.95. The van der Waals surface area contributed by atoms with Gasteiger partial charge in [-0.3, -0.25) is 0 Å². The summed E-state index contributed by atoms with van der Waals surface area (Å²) in [5.74, 6) is 0. The molecular formula is C22H24N2O2. The highest BCUT2D eigenvalue weighted by Crippen LogP contribution is 2.30. The number of unbranched alkanes of at least 4 members (excludes halogenated alkanes) is 1. The van der Waals surface area contributed by atoms with Crippen LogP contribution < -0.4 is 0 Å². The van der Waals surface area contributed by atoms with Gasteiger partial charge in [0.05, 0.1) is 11.4 Å². The van der Waals surface area contributed by atoms with E-state index in [0.717, 1.165) is 70.4 Å². The van der Waals surface area contributed by atoms with E-state index < -0.39 is 0 Å². The molecule has 134 valence electrons. The monoisotopic (exact) mass is 348 g/mol. The van der Waals surface area contributed by atoms with Gasteiger partial charge in [0.1, 0.15) is 0 Å². The van der Waals surface area contributed by atoms with Crippen LogP contribution in [0.2, 0.25) is 0 Å². The minimum atomic E-state index is 0.748. The van der Waals surface area contributed by atoms with Gasteiger partial charge in [0.15, 0.2) is 0 Å². The Hall–Kier alpha value is -2.80. The van der Waals surface area contributed by atoms with Crippen molar-refractivity contribution in [2.24, 2.45) is 9.98 Å². The zero-order valence-electron chi connectivity index (χ0n) is 15.8. The van der Waals surface area contributed by atoms with Gasteiger partial charge in [0.25, 0.3) is 0 Å². The molecular weight excluding hydrogens is 324 g/mol. The molecule has 0 aromatic heterocycles. The normalized spacial score (nSPS) is 10.2. The van der Waals surface area contributed by atoms with Gasteiger partial charge in [-0.15, -0.1) is 0 Å². The van der Waals surface area contributed by atoms with E-state index in [0.29, 0.717) is 0 Å². The zero-order valence-corrected chi connectivity index (χ0v) is 15.8. The number of hydrogen-bond acceptors (Lipinski definition) is 4. The molecule has 0 unspecified atom stereocenters. The van der Waals surface area contributed by atoms with Gasteiger partial charge in [-0.05, 0) is 86.8 Å². The second-order valence-corrected chi connectivity index (χ2v) is 6.64. The van der Waals surface area contributed by atoms with E-state index in [1.54, 1.807) is 12.2 Å². The first kappa shape index (κ1) is 19.5. The third-order valence-corrected chi connectivity index (χ3v) is 5.03. The third kappa shape index (κ3) is 4.43. The summed E-state index contributed by atoms with van der Waals surface area (Å²) < 4.78 is 0. The second kappa shape index (κ2) is 9.05. The lowest BCUT2D eigenvalue weighted by atomic mass is 9.96. The van der Waals surface area contributed by atoms with Gasteiger partial charge in [-0.2, -0.15) is 9.98 Å². The average Bonchev–Trinajstić information content (AvgIpc) is 2.63. The molecule has 2 aromatic carbocycles. The molecule has 2 rings (SSSR count). The van der Waals surface area contributed by atoms with E-state index in [9.17, 15) is 9.59 Å². The summed E-state index contributed by atoms with van der Waals surface area (Å²) in [6.45, 7) is 7.98. The number of isocyanates is 2. The Kier molecular flexibility index (Phi) is 6.80. The molecule has 0 aliphatic heterocycles. The maximum absolute atomic E-state index is 10.7. The minimum Gasteiger partial charge on any atom is -0.211 e. The van der Waals surface area contributed by atoms with E-state index in [4.69, 9.17) is 0 Å². The third-order valence-electron chi connectivity index (χ3n) is 5.03. The molecule has 0 saturated heterocycles. The Morgan fingerprint density at radius 2 is 1.08 bits per heavy atom. The molecule has 0 aliphatic carbocycles. The van der Waals surface area contributed by atoms with Crippen molar-refractivity contribution < 1.29 is 9.59 Å². The van der Waals surface area contributed by atoms with Crippen LogP contribution in [-0.2, 0) is 22.4 Å². The SMILES string of the molecule is Cc1ccc(CCCCc2ccc(C)c(C)c2N=C=O)c(N=C=O)c1C. The minimum absolute atomic E-state index is 0.748. The first-order valence-corrected chi connectivity index (χ1v) is 8.83. The van der Waals surface area contributed by atoms with Crippen LogP contribution in [0.4, 0.5) is 11.4 Å². The highest BCUT2D eigenvalue weighted by molar-refractivity contribution is 5.61. The summed E-state index contributed by atoms with van der Waals surface area (Å²) in [4.78, 5) is 29.3. The van der Waals surface area contributed by atoms with Crippen molar-refractivity contribution in [3.8, 4) is 0 Å². The Morgan fingerprint density at radius 3 is 1.42 bits per heavy atom. The molecule has 4 heteroatoms. The van der Waals surface area contributed by atoms with Gasteiger partial charge < -0.3 is 0 Å². The number of hydrogen-bond donors (Lipinski definition) is 0. The van der Waals surface area contributed by atoms with Crippen molar-refractivity contribution in [2.45, 2.75) is 53.4 Å². The molecule has 0 radical (unpaired) electrons. The van der Waals surface area contributed by atoms with E-state index >= 15 is 0 Å². The molecule has 0 aliphatic rings. The lowest BCUT2D eigenvalue weighted by molar-refractivity contribution is 0.564. The van der Waals surface area contributed by atoms with Crippen molar-refractivity contribution in [2.75, 3.05) is 0 Å². The smallest absolute Gasteiger partial charge is 0.211 e. The molecule has 2 aromatic rings. The zero-order chi connectivity index (χ0) is 19.1. The quantitative estimate of drug-likeness (QED) is 0.381. The first-order chi connectivity index (χ1) is 12.5. The standard InChI is InChI=1S/C22H24N2O2/c1-15-9-11-19(21(17(15)3)23-13-25)7-5-6-8-20-12-10-16(2)18(4)22(20)24-14-26/h9-12H,5-8H2,1-4H3. The van der Waals surface area contributed by atoms with Crippen LogP contribution in [0.1, 0.15) is 46.2 Å². The summed E-state index contributed by atoms with van der Waals surface area (Å²) >= 11 is 0. The van der Waals surface area contributed by atoms with Gasteiger partial charge in [-0.1, -0.05) is 24.3 Å². The van der Waals surface area contributed by atoms with Crippen molar-refractivity contribution in [3.63, 3.8) is 0 Å². The maximum atomic E-state index is 10.7. The molecule has 0 spiro atoms. The summed E-state index contributed by atoms with van der Waals surface area (Å²) in [6.07, 6.45) is 6.95. The van der Waals surface area contributed by atoms with Crippen molar-refractivity contribution in [3.05, 3.63) is 57.6 Å². The van der Waals surface area contributed by atoms with E-state index in [-0.39, 0.29) is 0 Å². The lowest BCUT2D eigenvalue weighted by Gasteiger charge is -2.11. The molecule has 0 saturated carbocycles. The first-order valence-electron chi connectivity index (χ1n) is 8.83. The molecule has 0 fully saturated rings. The molecule has 0 bridgehead atoms. The van der Waals surface area contributed by atoms with Crippen molar-refractivity contribution >= 4 is 23.5 Å². The topological polar surface area (TPSA) is 58.9 Å². The molecule has 0 amide bonds. The Balaban J connectivity index is 2.09. The van der Waals surface area contributed by atoms with Crippen molar-refractivity contribution in [1.29, 1.82) is 0 Å². The van der Waals surface area contributed by atoms with Gasteiger partial charge in [0.2, 0.25) is 12.2 Å². The van der Waals surface area contributed by atoms with Crippen LogP contribution in [-0.4, -0.2) is 12.2 Å². The van der Waals surface area contributed by atoms with E-state index in [1.165, 1.54) is 0 Å². The van der Waals surface area contributed by atoms with Crippen LogP contribution in [0.25, 0.3) is 0 Å². The van der Waals surface area contributed by atoms with Crippen LogP contribution in [0.15, 0.2) is 34.3 Å². The largest absolute Gasteiger partial charge is 0.240 e. The molecule has 0 heterocycles. The Labute approximate surface area is 154 Å². The predicted molar refractivity (Wildman–Crippen MR) is 104 cm³/mol. The van der Waals surface area contributed by atoms with E-state index in [2.05, 4.69) is 22.1 Å². The fourth-order valence-electron chi connectivity index (χ4n) is 3.15. The number of aryl methyl sites for hydroxylation is 4. The fourth-order valence-corrected chi connectivity index (χ4v) is 3.15. The highest BCUT2D eigenvalue weighted by Gasteiger charge is 2.10. The Bertz CT molecular complexity index is 827. The molecule has 0 atom stereocenters. The summed E-state index contributed by atoms with van der Waals surface area (Å²) in [7, 11) is 0. The highest BCUT2D eigenvalue weighted by atomic mass is 16.1. The van der Waals surface area contributed by atoms with Crippen LogP contribution in [0, 0.1) is 27.7 Å². The fraction of sp³-hybridized carbons (Fsp3) is 0.364. The Morgan fingerprint density at radius 1 is 0.692 bits per heavy atom. The molecule has 4 nitrogen and oxygen atoms in total. The summed E-state index contributed by atoms with van der Waals surface area (Å²) in [5, 5.41) is 0. The average molecular weight is 348 g/mol. The number of benzene rings is 2. The molecule has 0 N–H and O–H groups in total. The van der Waals surface area contributed by atoms with Gasteiger partial charge in [-0.25, -0.2) is 9.59 Å². The van der Waals surface area contributed by atoms with E-state index in [1.807, 2.05) is 39.8 Å². The van der Waals surface area contributed by atoms with Gasteiger partial charge in [0, 0.05) is 0 Å². The maximum Gasteiger partial charge on any atom is 0.240 e. The van der Waals surface area contributed by atoms with Crippen LogP contribution in [0.5, 0.6) is 0 Å². The number of carbonyl (C=O) groups excluding carboxylic acids is 2. The number of aliphatic imine (C=N–C) groups is 2. The predicted octanol–water partition coefficient (Wildman–Crippen LogP) is 5.42.